The van der Waals surface area contributed by atoms with Crippen molar-refractivity contribution < 1.29 is 14.1 Å². The molecule has 2 N–H and O–H groups in total. The van der Waals surface area contributed by atoms with E-state index < -0.39 is 0 Å². The molecule has 0 aliphatic rings. The Bertz CT molecular complexity index is 937. The standard InChI is InChI=1S/C21H24N4O3S/c1-15-23-20(28-25-15)11-4-12-22-21(27)16-6-2-7-17(14-16)24-19(26)10-3-8-18-9-5-13-29-18/h2,5-7,9,13-14H,3-4,8,10-12H2,1H3,(H,22,27)(H,24,26). The van der Waals surface area contributed by atoms with Crippen molar-refractivity contribution in [2.24, 2.45) is 0 Å². The van der Waals surface area contributed by atoms with E-state index in [1.54, 1.807) is 42.5 Å². The number of aryl methyl sites for hydroxylation is 3. The SMILES string of the molecule is Cc1noc(CCCNC(=O)c2cccc(NC(=O)CCCc3cccs3)c2)n1. The van der Waals surface area contributed by atoms with Crippen molar-refractivity contribution in [3.63, 3.8) is 0 Å². The van der Waals surface area contributed by atoms with Crippen molar-refractivity contribution in [1.82, 2.24) is 15.5 Å². The van der Waals surface area contributed by atoms with E-state index >= 15 is 0 Å². The number of aromatic nitrogens is 2. The lowest BCUT2D eigenvalue weighted by Crippen LogP contribution is -2.25. The van der Waals surface area contributed by atoms with E-state index in [1.807, 2.05) is 11.4 Å². The van der Waals surface area contributed by atoms with Crippen LogP contribution in [0, 0.1) is 6.92 Å². The summed E-state index contributed by atoms with van der Waals surface area (Å²) in [4.78, 5) is 29.9. The average Bonchev–Trinajstić information content (AvgIpc) is 3.37. The molecular weight excluding hydrogens is 388 g/mol. The molecule has 0 bridgehead atoms. The summed E-state index contributed by atoms with van der Waals surface area (Å²) in [6, 6.07) is 11.1. The minimum absolute atomic E-state index is 0.0473. The number of benzene rings is 1. The topological polar surface area (TPSA) is 97.1 Å². The number of carbonyl (C=O) groups excluding carboxylic acids is 2. The molecule has 0 aliphatic heterocycles. The summed E-state index contributed by atoms with van der Waals surface area (Å²) in [5.41, 5.74) is 1.13. The third-order valence-corrected chi connectivity index (χ3v) is 5.17. The van der Waals surface area contributed by atoms with Crippen molar-refractivity contribution in [3.8, 4) is 0 Å². The van der Waals surface area contributed by atoms with Gasteiger partial charge >= 0.3 is 0 Å². The molecule has 152 valence electrons. The first kappa shape index (κ1) is 20.7. The van der Waals surface area contributed by atoms with Gasteiger partial charge in [0.2, 0.25) is 11.8 Å². The Hall–Kier alpha value is -3.00. The molecule has 7 nitrogen and oxygen atoms in total. The van der Waals surface area contributed by atoms with E-state index in [4.69, 9.17) is 4.52 Å². The van der Waals surface area contributed by atoms with E-state index in [1.165, 1.54) is 4.88 Å². The number of hydrogen-bond donors (Lipinski definition) is 2. The molecule has 0 atom stereocenters. The minimum atomic E-state index is -0.180. The normalized spacial score (nSPS) is 10.7. The predicted octanol–water partition coefficient (Wildman–Crippen LogP) is 3.76. The molecule has 0 radical (unpaired) electrons. The first-order valence-corrected chi connectivity index (χ1v) is 10.5. The lowest BCUT2D eigenvalue weighted by Gasteiger charge is -2.08. The fraction of sp³-hybridized carbons (Fsp3) is 0.333. The van der Waals surface area contributed by atoms with Crippen LogP contribution in [0.15, 0.2) is 46.3 Å². The lowest BCUT2D eigenvalue weighted by atomic mass is 10.1. The maximum Gasteiger partial charge on any atom is 0.251 e. The quantitative estimate of drug-likeness (QED) is 0.494. The number of anilines is 1. The lowest BCUT2D eigenvalue weighted by molar-refractivity contribution is -0.116. The monoisotopic (exact) mass is 412 g/mol. The summed E-state index contributed by atoms with van der Waals surface area (Å²) in [6.45, 7) is 2.27. The second-order valence-electron chi connectivity index (χ2n) is 6.66. The number of carbonyl (C=O) groups is 2. The first-order valence-electron chi connectivity index (χ1n) is 9.60. The molecular formula is C21H24N4O3S. The number of nitrogens with zero attached hydrogens (tertiary/aromatic N) is 2. The van der Waals surface area contributed by atoms with Crippen LogP contribution < -0.4 is 10.6 Å². The molecule has 2 heterocycles. The molecule has 3 rings (SSSR count). The summed E-state index contributed by atoms with van der Waals surface area (Å²) in [7, 11) is 0. The van der Waals surface area contributed by atoms with E-state index in [9.17, 15) is 9.59 Å². The van der Waals surface area contributed by atoms with Crippen LogP contribution in [0.25, 0.3) is 0 Å². The molecule has 0 saturated carbocycles. The Kier molecular flexibility index (Phi) is 7.52. The van der Waals surface area contributed by atoms with Gasteiger partial charge in [0, 0.05) is 35.5 Å². The summed E-state index contributed by atoms with van der Waals surface area (Å²) < 4.78 is 5.04. The van der Waals surface area contributed by atoms with Crippen molar-refractivity contribution >= 4 is 28.8 Å². The summed E-state index contributed by atoms with van der Waals surface area (Å²) in [5.74, 6) is 0.949. The fourth-order valence-electron chi connectivity index (χ4n) is 2.82. The fourth-order valence-corrected chi connectivity index (χ4v) is 3.58. The highest BCUT2D eigenvalue weighted by Gasteiger charge is 2.09. The van der Waals surface area contributed by atoms with Gasteiger partial charge in [-0.25, -0.2) is 0 Å². The van der Waals surface area contributed by atoms with E-state index in [0.717, 1.165) is 12.8 Å². The summed E-state index contributed by atoms with van der Waals surface area (Å²) in [5, 5.41) is 11.5. The van der Waals surface area contributed by atoms with E-state index in [0.29, 0.717) is 48.8 Å². The van der Waals surface area contributed by atoms with Crippen LogP contribution in [0.3, 0.4) is 0 Å². The zero-order valence-electron chi connectivity index (χ0n) is 16.3. The van der Waals surface area contributed by atoms with Crippen molar-refractivity contribution in [3.05, 3.63) is 63.9 Å². The molecule has 29 heavy (non-hydrogen) atoms. The largest absolute Gasteiger partial charge is 0.352 e. The van der Waals surface area contributed by atoms with Crippen LogP contribution >= 0.6 is 11.3 Å². The number of rotatable bonds is 10. The average molecular weight is 413 g/mol. The van der Waals surface area contributed by atoms with Crippen LogP contribution in [0.1, 0.15) is 46.2 Å². The Morgan fingerprint density at radius 3 is 2.79 bits per heavy atom. The Labute approximate surface area is 173 Å². The van der Waals surface area contributed by atoms with Gasteiger partial charge in [-0.3, -0.25) is 9.59 Å². The summed E-state index contributed by atoms with van der Waals surface area (Å²) >= 11 is 1.70. The van der Waals surface area contributed by atoms with Crippen molar-refractivity contribution in [2.75, 3.05) is 11.9 Å². The third-order valence-electron chi connectivity index (χ3n) is 4.24. The van der Waals surface area contributed by atoms with Crippen LogP contribution in [0.5, 0.6) is 0 Å². The molecule has 1 aromatic carbocycles. The maximum atomic E-state index is 12.3. The van der Waals surface area contributed by atoms with Crippen LogP contribution in [-0.4, -0.2) is 28.5 Å². The maximum absolute atomic E-state index is 12.3. The van der Waals surface area contributed by atoms with Gasteiger partial charge in [0.05, 0.1) is 0 Å². The summed E-state index contributed by atoms with van der Waals surface area (Å²) in [6.07, 6.45) is 3.46. The predicted molar refractivity (Wildman–Crippen MR) is 112 cm³/mol. The van der Waals surface area contributed by atoms with Gasteiger partial charge in [0.15, 0.2) is 5.82 Å². The molecule has 0 aliphatic carbocycles. The second-order valence-corrected chi connectivity index (χ2v) is 7.69. The highest BCUT2D eigenvalue weighted by Crippen LogP contribution is 2.14. The van der Waals surface area contributed by atoms with Crippen molar-refractivity contribution in [2.45, 2.75) is 39.0 Å². The van der Waals surface area contributed by atoms with Gasteiger partial charge in [-0.2, -0.15) is 4.98 Å². The van der Waals surface area contributed by atoms with Gasteiger partial charge in [-0.1, -0.05) is 17.3 Å². The molecule has 2 amide bonds. The molecule has 0 spiro atoms. The molecule has 0 fully saturated rings. The molecule has 3 aromatic rings. The van der Waals surface area contributed by atoms with Gasteiger partial charge in [-0.15, -0.1) is 11.3 Å². The number of nitrogens with one attached hydrogen (secondary N) is 2. The van der Waals surface area contributed by atoms with Gasteiger partial charge < -0.3 is 15.2 Å². The van der Waals surface area contributed by atoms with Crippen molar-refractivity contribution in [1.29, 1.82) is 0 Å². The van der Waals surface area contributed by atoms with E-state index in [-0.39, 0.29) is 11.8 Å². The Morgan fingerprint density at radius 1 is 1.14 bits per heavy atom. The zero-order chi connectivity index (χ0) is 20.5. The number of hydrogen-bond acceptors (Lipinski definition) is 6. The highest BCUT2D eigenvalue weighted by atomic mass is 32.1. The number of amides is 2. The van der Waals surface area contributed by atoms with Crippen LogP contribution in [0.4, 0.5) is 5.69 Å². The molecule has 0 saturated heterocycles. The van der Waals surface area contributed by atoms with Gasteiger partial charge in [0.25, 0.3) is 5.91 Å². The van der Waals surface area contributed by atoms with Crippen LogP contribution in [0.2, 0.25) is 0 Å². The van der Waals surface area contributed by atoms with E-state index in [2.05, 4.69) is 26.8 Å². The number of thiophene rings is 1. The van der Waals surface area contributed by atoms with Gasteiger partial charge in [-0.05, 0) is 55.8 Å². The molecule has 2 aromatic heterocycles. The minimum Gasteiger partial charge on any atom is -0.352 e. The smallest absolute Gasteiger partial charge is 0.251 e. The Morgan fingerprint density at radius 2 is 2.03 bits per heavy atom. The van der Waals surface area contributed by atoms with Gasteiger partial charge in [0.1, 0.15) is 0 Å². The van der Waals surface area contributed by atoms with Crippen LogP contribution in [-0.2, 0) is 17.6 Å². The molecule has 8 heteroatoms. The Balaban J connectivity index is 1.40. The molecule has 0 unspecified atom stereocenters. The highest BCUT2D eigenvalue weighted by molar-refractivity contribution is 7.09. The first-order chi connectivity index (χ1) is 14.1. The third kappa shape index (κ3) is 6.83. The second kappa shape index (κ2) is 10.5. The zero-order valence-corrected chi connectivity index (χ0v) is 17.1.